The van der Waals surface area contributed by atoms with Gasteiger partial charge in [0, 0.05) is 17.8 Å². The van der Waals surface area contributed by atoms with Gasteiger partial charge in [0.05, 0.1) is 11.3 Å². The first kappa shape index (κ1) is 19.3. The number of non-ortho nitro benzene ring substituents is 1. The normalized spacial score (nSPS) is 10.3. The molecule has 0 saturated carbocycles. The average molecular weight is 372 g/mol. The maximum Gasteiger partial charge on any atom is 0.269 e. The zero-order chi connectivity index (χ0) is 19.1. The monoisotopic (exact) mass is 372 g/mol. The number of carbonyl (C=O) groups excluding carboxylic acids is 1. The molecule has 0 bridgehead atoms. The molecule has 0 saturated heterocycles. The van der Waals surface area contributed by atoms with Gasteiger partial charge in [-0.05, 0) is 41.4 Å². The summed E-state index contributed by atoms with van der Waals surface area (Å²) in [5.74, 6) is 0.144. The number of rotatable bonds is 5. The van der Waals surface area contributed by atoms with Crippen molar-refractivity contribution < 1.29 is 9.72 Å². The van der Waals surface area contributed by atoms with Crippen LogP contribution in [0.4, 0.5) is 11.4 Å². The Balaban J connectivity index is 1.79. The number of carbonyl (C=O) groups is 1. The van der Waals surface area contributed by atoms with Crippen LogP contribution in [0.25, 0.3) is 0 Å². The Hall–Kier alpha value is -3.00. The van der Waals surface area contributed by atoms with Crippen LogP contribution in [-0.4, -0.2) is 15.9 Å². The molecular formula is C18H20N4O3S. The molecule has 0 atom stereocenters. The van der Waals surface area contributed by atoms with Crippen LogP contribution in [0.15, 0.2) is 48.5 Å². The molecule has 2 aromatic rings. The summed E-state index contributed by atoms with van der Waals surface area (Å²) in [6.07, 6.45) is 0.0801. The number of anilines is 1. The fourth-order valence-corrected chi connectivity index (χ4v) is 2.37. The Morgan fingerprint density at radius 3 is 2.23 bits per heavy atom. The minimum atomic E-state index is -0.483. The Morgan fingerprint density at radius 1 is 1.08 bits per heavy atom. The summed E-state index contributed by atoms with van der Waals surface area (Å²) in [6.45, 7) is 4.24. The van der Waals surface area contributed by atoms with E-state index in [4.69, 9.17) is 12.2 Å². The molecule has 0 fully saturated rings. The molecular weight excluding hydrogens is 352 g/mol. The van der Waals surface area contributed by atoms with Gasteiger partial charge in [-0.3, -0.25) is 25.8 Å². The van der Waals surface area contributed by atoms with Crippen molar-refractivity contribution in [2.24, 2.45) is 0 Å². The van der Waals surface area contributed by atoms with Crippen LogP contribution in [0.2, 0.25) is 0 Å². The molecule has 0 aliphatic heterocycles. The number of nitro groups is 1. The van der Waals surface area contributed by atoms with Crippen LogP contribution in [0, 0.1) is 10.1 Å². The Bertz CT molecular complexity index is 789. The summed E-state index contributed by atoms with van der Waals surface area (Å²) in [5, 5.41) is 13.8. The molecule has 0 heterocycles. The number of hydrogen-bond acceptors (Lipinski definition) is 4. The summed E-state index contributed by atoms with van der Waals surface area (Å²) in [5.41, 5.74) is 7.82. The Labute approximate surface area is 156 Å². The summed E-state index contributed by atoms with van der Waals surface area (Å²) < 4.78 is 0. The second-order valence-electron chi connectivity index (χ2n) is 6.00. The number of benzene rings is 2. The molecule has 2 rings (SSSR count). The molecule has 26 heavy (non-hydrogen) atoms. The number of amides is 1. The topological polar surface area (TPSA) is 96.3 Å². The van der Waals surface area contributed by atoms with Gasteiger partial charge in [-0.2, -0.15) is 0 Å². The van der Waals surface area contributed by atoms with E-state index in [-0.39, 0.29) is 23.1 Å². The maximum atomic E-state index is 11.9. The molecule has 7 nitrogen and oxygen atoms in total. The van der Waals surface area contributed by atoms with Crippen molar-refractivity contribution >= 4 is 34.6 Å². The van der Waals surface area contributed by atoms with Crippen LogP contribution in [-0.2, 0) is 11.2 Å². The molecule has 8 heteroatoms. The van der Waals surface area contributed by atoms with E-state index in [9.17, 15) is 14.9 Å². The van der Waals surface area contributed by atoms with E-state index in [0.29, 0.717) is 11.5 Å². The molecule has 0 radical (unpaired) electrons. The second-order valence-corrected chi connectivity index (χ2v) is 6.41. The molecule has 1 amide bonds. The predicted molar refractivity (Wildman–Crippen MR) is 105 cm³/mol. The SMILES string of the molecule is CC(C)c1ccc(NC(=S)NNC(=O)Cc2ccc([N+](=O)[O-])cc2)cc1. The molecule has 136 valence electrons. The highest BCUT2D eigenvalue weighted by atomic mass is 32.1. The Kier molecular flexibility index (Phi) is 6.62. The number of thiocarbonyl (C=S) groups is 1. The molecule has 0 aliphatic rings. The number of nitro benzene ring substituents is 1. The number of nitrogens with one attached hydrogen (secondary N) is 3. The van der Waals surface area contributed by atoms with Crippen LogP contribution < -0.4 is 16.2 Å². The van der Waals surface area contributed by atoms with Crippen LogP contribution in [0.3, 0.4) is 0 Å². The fourth-order valence-electron chi connectivity index (χ4n) is 2.21. The van der Waals surface area contributed by atoms with Gasteiger partial charge in [0.2, 0.25) is 5.91 Å². The minimum Gasteiger partial charge on any atom is -0.331 e. The third kappa shape index (κ3) is 5.82. The maximum absolute atomic E-state index is 11.9. The van der Waals surface area contributed by atoms with Crippen molar-refractivity contribution in [3.8, 4) is 0 Å². The molecule has 2 aromatic carbocycles. The van der Waals surface area contributed by atoms with E-state index in [2.05, 4.69) is 30.0 Å². The summed E-state index contributed by atoms with van der Waals surface area (Å²) in [4.78, 5) is 22.0. The van der Waals surface area contributed by atoms with E-state index < -0.39 is 4.92 Å². The molecule has 3 N–H and O–H groups in total. The lowest BCUT2D eigenvalue weighted by Gasteiger charge is -2.12. The van der Waals surface area contributed by atoms with Crippen molar-refractivity contribution in [3.63, 3.8) is 0 Å². The van der Waals surface area contributed by atoms with Gasteiger partial charge in [-0.15, -0.1) is 0 Å². The largest absolute Gasteiger partial charge is 0.331 e. The van der Waals surface area contributed by atoms with Crippen molar-refractivity contribution in [2.75, 3.05) is 5.32 Å². The van der Waals surface area contributed by atoms with E-state index in [1.165, 1.54) is 17.7 Å². The van der Waals surface area contributed by atoms with Gasteiger partial charge in [0.15, 0.2) is 5.11 Å². The second kappa shape index (κ2) is 8.91. The Morgan fingerprint density at radius 2 is 1.69 bits per heavy atom. The van der Waals surface area contributed by atoms with Crippen molar-refractivity contribution in [3.05, 3.63) is 69.8 Å². The summed E-state index contributed by atoms with van der Waals surface area (Å²) >= 11 is 5.14. The smallest absolute Gasteiger partial charge is 0.269 e. The van der Waals surface area contributed by atoms with Gasteiger partial charge < -0.3 is 5.32 Å². The predicted octanol–water partition coefficient (Wildman–Crippen LogP) is 3.28. The highest BCUT2D eigenvalue weighted by molar-refractivity contribution is 7.80. The van der Waals surface area contributed by atoms with Crippen molar-refractivity contribution in [2.45, 2.75) is 26.2 Å². The van der Waals surface area contributed by atoms with Crippen molar-refractivity contribution in [1.29, 1.82) is 0 Å². The van der Waals surface area contributed by atoms with E-state index in [1.807, 2.05) is 24.3 Å². The zero-order valence-corrected chi connectivity index (χ0v) is 15.3. The summed E-state index contributed by atoms with van der Waals surface area (Å²) in [7, 11) is 0. The van der Waals surface area contributed by atoms with Crippen LogP contribution >= 0.6 is 12.2 Å². The van der Waals surface area contributed by atoms with E-state index in [1.54, 1.807) is 12.1 Å². The number of nitrogens with zero attached hydrogens (tertiary/aromatic N) is 1. The number of hydrogen-bond donors (Lipinski definition) is 3. The van der Waals surface area contributed by atoms with E-state index in [0.717, 1.165) is 5.69 Å². The van der Waals surface area contributed by atoms with Gasteiger partial charge in [-0.25, -0.2) is 0 Å². The quantitative estimate of drug-likeness (QED) is 0.423. The van der Waals surface area contributed by atoms with Gasteiger partial charge in [0.1, 0.15) is 0 Å². The first-order valence-corrected chi connectivity index (χ1v) is 8.45. The summed E-state index contributed by atoms with van der Waals surface area (Å²) in [6, 6.07) is 13.7. The number of hydrazine groups is 1. The first-order valence-electron chi connectivity index (χ1n) is 8.04. The van der Waals surface area contributed by atoms with Crippen LogP contribution in [0.1, 0.15) is 30.9 Å². The van der Waals surface area contributed by atoms with Gasteiger partial charge >= 0.3 is 0 Å². The standard InChI is InChI=1S/C18H20N4O3S/c1-12(2)14-5-7-15(8-6-14)19-18(26)21-20-17(23)11-13-3-9-16(10-4-13)22(24)25/h3-10,12H,11H2,1-2H3,(H,20,23)(H2,19,21,26). The highest BCUT2D eigenvalue weighted by Gasteiger charge is 2.08. The lowest BCUT2D eigenvalue weighted by Crippen LogP contribution is -2.44. The molecule has 0 aromatic heterocycles. The third-order valence-electron chi connectivity index (χ3n) is 3.66. The third-order valence-corrected chi connectivity index (χ3v) is 3.87. The molecule has 0 aliphatic carbocycles. The molecule has 0 unspecified atom stereocenters. The van der Waals surface area contributed by atoms with Gasteiger partial charge in [-0.1, -0.05) is 38.1 Å². The minimum absolute atomic E-state index is 0.0128. The average Bonchev–Trinajstić information content (AvgIpc) is 2.61. The van der Waals surface area contributed by atoms with Crippen molar-refractivity contribution in [1.82, 2.24) is 10.9 Å². The highest BCUT2D eigenvalue weighted by Crippen LogP contribution is 2.17. The van der Waals surface area contributed by atoms with Crippen LogP contribution in [0.5, 0.6) is 0 Å². The van der Waals surface area contributed by atoms with E-state index >= 15 is 0 Å². The zero-order valence-electron chi connectivity index (χ0n) is 14.5. The lowest BCUT2D eigenvalue weighted by molar-refractivity contribution is -0.384. The fraction of sp³-hybridized carbons (Fsp3) is 0.222. The molecule has 0 spiro atoms. The van der Waals surface area contributed by atoms with Gasteiger partial charge in [0.25, 0.3) is 5.69 Å². The lowest BCUT2D eigenvalue weighted by atomic mass is 10.0. The first-order chi connectivity index (χ1) is 12.3.